The summed E-state index contributed by atoms with van der Waals surface area (Å²) in [5.74, 6) is 1.79. The molecule has 0 spiro atoms. The van der Waals surface area contributed by atoms with Crippen LogP contribution in [0.4, 0.5) is 0 Å². The molecule has 0 aliphatic carbocycles. The van der Waals surface area contributed by atoms with E-state index in [1.807, 2.05) is 84.9 Å². The minimum Gasteiger partial charge on any atom is -0.436 e. The van der Waals surface area contributed by atoms with Gasteiger partial charge in [0, 0.05) is 28.1 Å². The van der Waals surface area contributed by atoms with E-state index in [0.717, 1.165) is 49.7 Å². The van der Waals surface area contributed by atoms with Gasteiger partial charge in [-0.05, 0) is 18.2 Å². The van der Waals surface area contributed by atoms with Crippen molar-refractivity contribution in [2.24, 2.45) is 0 Å². The predicted molar refractivity (Wildman–Crippen MR) is 146 cm³/mol. The van der Waals surface area contributed by atoms with E-state index in [1.165, 1.54) is 0 Å². The highest BCUT2D eigenvalue weighted by atomic mass is 16.3. The van der Waals surface area contributed by atoms with Crippen LogP contribution < -0.4 is 0 Å². The lowest BCUT2D eigenvalue weighted by molar-refractivity contribution is 0.658. The van der Waals surface area contributed by atoms with Gasteiger partial charge in [-0.15, -0.1) is 0 Å². The molecule has 4 aromatic carbocycles. The molecule has 8 rings (SSSR count). The lowest BCUT2D eigenvalue weighted by atomic mass is 10.2. The Bertz CT molecular complexity index is 2030. The number of aromatic nitrogens is 5. The van der Waals surface area contributed by atoms with Gasteiger partial charge in [-0.3, -0.25) is 8.97 Å². The van der Waals surface area contributed by atoms with Gasteiger partial charge in [-0.2, -0.15) is 9.97 Å². The minimum atomic E-state index is 0.549. The summed E-state index contributed by atoms with van der Waals surface area (Å²) in [6.45, 7) is 0. The van der Waals surface area contributed by atoms with E-state index in [4.69, 9.17) is 19.4 Å². The normalized spacial score (nSPS) is 11.8. The fraction of sp³-hybridized carbons (Fsp3) is 0. The van der Waals surface area contributed by atoms with Crippen molar-refractivity contribution in [2.45, 2.75) is 0 Å². The molecule has 174 valence electrons. The summed E-state index contributed by atoms with van der Waals surface area (Å²) in [6, 6.07) is 36.5. The van der Waals surface area contributed by atoms with Crippen LogP contribution in [0.3, 0.4) is 0 Å². The summed E-state index contributed by atoms with van der Waals surface area (Å²) >= 11 is 0. The summed E-state index contributed by atoms with van der Waals surface area (Å²) in [7, 11) is 0. The fourth-order valence-electron chi connectivity index (χ4n) is 5.14. The molecule has 0 amide bonds. The Kier molecular flexibility index (Phi) is 4.13. The Labute approximate surface area is 211 Å². The molecular formula is C31H19N5O. The minimum absolute atomic E-state index is 0.549. The third kappa shape index (κ3) is 2.96. The average molecular weight is 478 g/mol. The van der Waals surface area contributed by atoms with Gasteiger partial charge >= 0.3 is 0 Å². The monoisotopic (exact) mass is 477 g/mol. The first-order chi connectivity index (χ1) is 18.3. The zero-order valence-electron chi connectivity index (χ0n) is 19.6. The zero-order valence-corrected chi connectivity index (χ0v) is 19.6. The quantitative estimate of drug-likeness (QED) is 0.268. The number of fused-ring (bicyclic) bond motifs is 7. The third-order valence-corrected chi connectivity index (χ3v) is 6.81. The standard InChI is InChI=1S/C31H19N5O/c1-3-11-20(12-4-1)28-32-29(21-13-5-2-6-14-21)34-31(33-28)36-24-16-8-7-15-22(24)23-19-35-25-17-9-10-18-26(25)37-30(35)27(23)36/h1-19H. The molecule has 4 aromatic heterocycles. The molecule has 8 aromatic rings. The molecular weight excluding hydrogens is 458 g/mol. The Hall–Kier alpha value is -5.23. The molecule has 0 saturated carbocycles. The second-order valence-electron chi connectivity index (χ2n) is 9.00. The Balaban J connectivity index is 1.51. The van der Waals surface area contributed by atoms with E-state index in [9.17, 15) is 0 Å². The maximum atomic E-state index is 6.40. The summed E-state index contributed by atoms with van der Waals surface area (Å²) in [5.41, 5.74) is 6.43. The Morgan fingerprint density at radius 3 is 1.84 bits per heavy atom. The highest BCUT2D eigenvalue weighted by molar-refractivity contribution is 6.14. The number of oxazole rings is 1. The highest BCUT2D eigenvalue weighted by Gasteiger charge is 2.23. The van der Waals surface area contributed by atoms with E-state index in [2.05, 4.69) is 39.4 Å². The van der Waals surface area contributed by atoms with Crippen LogP contribution in [0.15, 0.2) is 120 Å². The van der Waals surface area contributed by atoms with Crippen LogP contribution in [0.25, 0.3) is 67.3 Å². The number of para-hydroxylation sites is 3. The molecule has 6 nitrogen and oxygen atoms in total. The largest absolute Gasteiger partial charge is 0.436 e. The van der Waals surface area contributed by atoms with Gasteiger partial charge in [0.2, 0.25) is 11.7 Å². The number of nitrogens with zero attached hydrogens (tertiary/aromatic N) is 5. The number of rotatable bonds is 3. The molecule has 0 unspecified atom stereocenters. The first-order valence-corrected chi connectivity index (χ1v) is 12.1. The molecule has 0 N–H and O–H groups in total. The lowest BCUT2D eigenvalue weighted by Crippen LogP contribution is -2.06. The van der Waals surface area contributed by atoms with E-state index in [0.29, 0.717) is 17.6 Å². The predicted octanol–water partition coefficient (Wildman–Crippen LogP) is 7.30. The van der Waals surface area contributed by atoms with Gasteiger partial charge < -0.3 is 4.42 Å². The maximum Gasteiger partial charge on any atom is 0.238 e. The number of benzene rings is 4. The van der Waals surface area contributed by atoms with Crippen molar-refractivity contribution in [3.8, 4) is 28.7 Å². The molecule has 6 heteroatoms. The molecule has 0 aliphatic heterocycles. The van der Waals surface area contributed by atoms with Gasteiger partial charge in [0.1, 0.15) is 5.52 Å². The van der Waals surface area contributed by atoms with Crippen LogP contribution in [-0.4, -0.2) is 23.9 Å². The molecule has 0 bridgehead atoms. The fourth-order valence-corrected chi connectivity index (χ4v) is 5.14. The van der Waals surface area contributed by atoms with Gasteiger partial charge in [0.05, 0.1) is 11.0 Å². The first kappa shape index (κ1) is 20.0. The second kappa shape index (κ2) is 7.63. The maximum absolute atomic E-state index is 6.40. The third-order valence-electron chi connectivity index (χ3n) is 6.81. The topological polar surface area (TPSA) is 61.2 Å². The number of hydrogen-bond acceptors (Lipinski definition) is 4. The van der Waals surface area contributed by atoms with Crippen LogP contribution >= 0.6 is 0 Å². The molecule has 4 heterocycles. The van der Waals surface area contributed by atoms with Gasteiger partial charge in [0.25, 0.3) is 0 Å². The molecule has 0 atom stereocenters. The molecule has 0 radical (unpaired) electrons. The molecule has 37 heavy (non-hydrogen) atoms. The van der Waals surface area contributed by atoms with Crippen molar-refractivity contribution < 1.29 is 4.42 Å². The van der Waals surface area contributed by atoms with Crippen molar-refractivity contribution in [1.82, 2.24) is 23.9 Å². The summed E-state index contributed by atoms with van der Waals surface area (Å²) < 4.78 is 10.6. The summed E-state index contributed by atoms with van der Waals surface area (Å²) in [4.78, 5) is 14.9. The van der Waals surface area contributed by atoms with Gasteiger partial charge in [-0.1, -0.05) is 91.0 Å². The van der Waals surface area contributed by atoms with Crippen molar-refractivity contribution in [2.75, 3.05) is 0 Å². The Morgan fingerprint density at radius 2 is 1.14 bits per heavy atom. The van der Waals surface area contributed by atoms with E-state index >= 15 is 0 Å². The highest BCUT2D eigenvalue weighted by Crippen LogP contribution is 2.38. The van der Waals surface area contributed by atoms with Crippen molar-refractivity contribution >= 4 is 38.6 Å². The van der Waals surface area contributed by atoms with Gasteiger partial charge in [-0.25, -0.2) is 4.98 Å². The van der Waals surface area contributed by atoms with Crippen LogP contribution in [0.2, 0.25) is 0 Å². The smallest absolute Gasteiger partial charge is 0.238 e. The zero-order chi connectivity index (χ0) is 24.3. The molecule has 0 aliphatic rings. The lowest BCUT2D eigenvalue weighted by Gasteiger charge is -2.10. The van der Waals surface area contributed by atoms with E-state index in [-0.39, 0.29) is 0 Å². The number of hydrogen-bond donors (Lipinski definition) is 0. The van der Waals surface area contributed by atoms with Crippen LogP contribution in [0.1, 0.15) is 0 Å². The van der Waals surface area contributed by atoms with Crippen molar-refractivity contribution in [1.29, 1.82) is 0 Å². The van der Waals surface area contributed by atoms with Crippen molar-refractivity contribution in [3.05, 3.63) is 115 Å². The SMILES string of the molecule is c1ccc(-c2nc(-c3ccccc3)nc(-n3c4ccccc4c4cn5c6ccccc6oc5c43)n2)cc1. The second-order valence-corrected chi connectivity index (χ2v) is 9.00. The molecule has 0 saturated heterocycles. The van der Waals surface area contributed by atoms with E-state index in [1.54, 1.807) is 0 Å². The van der Waals surface area contributed by atoms with Crippen LogP contribution in [-0.2, 0) is 0 Å². The van der Waals surface area contributed by atoms with E-state index < -0.39 is 0 Å². The van der Waals surface area contributed by atoms with Crippen LogP contribution in [0.5, 0.6) is 0 Å². The summed E-state index contributed by atoms with van der Waals surface area (Å²) in [6.07, 6.45) is 2.15. The summed E-state index contributed by atoms with van der Waals surface area (Å²) in [5, 5.41) is 2.20. The van der Waals surface area contributed by atoms with Crippen molar-refractivity contribution in [3.63, 3.8) is 0 Å². The molecule has 0 fully saturated rings. The van der Waals surface area contributed by atoms with Gasteiger partial charge in [0.15, 0.2) is 17.2 Å². The average Bonchev–Trinajstić information content (AvgIpc) is 3.61. The van der Waals surface area contributed by atoms with Crippen LogP contribution in [0, 0.1) is 0 Å². The first-order valence-electron chi connectivity index (χ1n) is 12.1. The Morgan fingerprint density at radius 1 is 0.541 bits per heavy atom.